The first-order valence-corrected chi connectivity index (χ1v) is 12.5. The molecule has 0 aromatic rings. The second-order valence-corrected chi connectivity index (χ2v) is 11.9. The summed E-state index contributed by atoms with van der Waals surface area (Å²) in [5.41, 5.74) is 4.47. The molecule has 2 fully saturated rings. The third kappa shape index (κ3) is 3.47. The van der Waals surface area contributed by atoms with Gasteiger partial charge in [-0.25, -0.2) is 0 Å². The molecule has 4 aliphatic rings. The van der Waals surface area contributed by atoms with Gasteiger partial charge in [0.15, 0.2) is 0 Å². The van der Waals surface area contributed by atoms with E-state index in [0.29, 0.717) is 29.6 Å². The molecule has 0 amide bonds. The average Bonchev–Trinajstić information content (AvgIpc) is 3.02. The van der Waals surface area contributed by atoms with Gasteiger partial charge in [-0.15, -0.1) is 0 Å². The summed E-state index contributed by atoms with van der Waals surface area (Å²) in [4.78, 5) is 0. The van der Waals surface area contributed by atoms with E-state index in [0.717, 1.165) is 32.1 Å². The van der Waals surface area contributed by atoms with Crippen LogP contribution in [0.25, 0.3) is 0 Å². The normalized spacial score (nSPS) is 43.3. The molecule has 4 rings (SSSR count). The van der Waals surface area contributed by atoms with Crippen molar-refractivity contribution in [3.05, 3.63) is 34.9 Å². The average molecular weight is 413 g/mol. The van der Waals surface area contributed by atoms with Gasteiger partial charge in [0, 0.05) is 5.41 Å². The Morgan fingerprint density at radius 2 is 1.77 bits per heavy atom. The minimum atomic E-state index is -0.323. The van der Waals surface area contributed by atoms with Gasteiger partial charge in [-0.2, -0.15) is 0 Å². The third-order valence-corrected chi connectivity index (χ3v) is 9.85. The van der Waals surface area contributed by atoms with Crippen LogP contribution in [0.2, 0.25) is 0 Å². The van der Waals surface area contributed by atoms with E-state index in [1.807, 2.05) is 0 Å². The van der Waals surface area contributed by atoms with Crippen molar-refractivity contribution in [2.24, 2.45) is 40.4 Å². The molecule has 0 radical (unpaired) electrons. The number of hydrogen-bond donors (Lipinski definition) is 2. The summed E-state index contributed by atoms with van der Waals surface area (Å²) in [5, 5.41) is 21.7. The Balaban J connectivity index is 1.62. The van der Waals surface area contributed by atoms with E-state index in [2.05, 4.69) is 59.8 Å². The van der Waals surface area contributed by atoms with Crippen LogP contribution in [0.15, 0.2) is 34.9 Å². The summed E-state index contributed by atoms with van der Waals surface area (Å²) in [6, 6.07) is 0. The largest absolute Gasteiger partial charge is 0.393 e. The highest BCUT2D eigenvalue weighted by molar-refractivity contribution is 5.45. The van der Waals surface area contributed by atoms with Crippen LogP contribution in [0.3, 0.4) is 0 Å². The third-order valence-electron chi connectivity index (χ3n) is 9.85. The fourth-order valence-corrected chi connectivity index (χ4v) is 7.64. The van der Waals surface area contributed by atoms with Crippen LogP contribution < -0.4 is 0 Å². The maximum atomic E-state index is 11.5. The van der Waals surface area contributed by atoms with Crippen molar-refractivity contribution in [2.75, 3.05) is 0 Å². The molecule has 8 unspecified atom stereocenters. The summed E-state index contributed by atoms with van der Waals surface area (Å²) >= 11 is 0. The zero-order valence-electron chi connectivity index (χ0n) is 20.1. The van der Waals surface area contributed by atoms with Crippen molar-refractivity contribution in [3.63, 3.8) is 0 Å². The van der Waals surface area contributed by atoms with Gasteiger partial charge < -0.3 is 10.2 Å². The van der Waals surface area contributed by atoms with Crippen molar-refractivity contribution in [1.29, 1.82) is 0 Å². The Morgan fingerprint density at radius 1 is 1.03 bits per heavy atom. The van der Waals surface area contributed by atoms with Crippen LogP contribution in [-0.4, -0.2) is 22.4 Å². The molecular formula is C28H44O2. The van der Waals surface area contributed by atoms with E-state index in [9.17, 15) is 10.2 Å². The number of aliphatic hydroxyl groups is 2. The molecule has 2 heteroatoms. The summed E-state index contributed by atoms with van der Waals surface area (Å²) in [6.07, 6.45) is 13.9. The van der Waals surface area contributed by atoms with Crippen molar-refractivity contribution >= 4 is 0 Å². The lowest BCUT2D eigenvalue weighted by Gasteiger charge is -2.53. The fourth-order valence-electron chi connectivity index (χ4n) is 7.64. The van der Waals surface area contributed by atoms with E-state index in [1.165, 1.54) is 24.0 Å². The number of allylic oxidation sites excluding steroid dienone is 4. The molecule has 2 saturated carbocycles. The summed E-state index contributed by atoms with van der Waals surface area (Å²) < 4.78 is 0. The molecule has 8 atom stereocenters. The molecule has 30 heavy (non-hydrogen) atoms. The molecule has 2 N–H and O–H groups in total. The van der Waals surface area contributed by atoms with Gasteiger partial charge in [0.05, 0.1) is 12.2 Å². The molecule has 0 bridgehead atoms. The first kappa shape index (κ1) is 22.3. The maximum Gasteiger partial charge on any atom is 0.0766 e. The number of hydrogen-bond acceptors (Lipinski definition) is 2. The van der Waals surface area contributed by atoms with Crippen LogP contribution in [-0.2, 0) is 0 Å². The highest BCUT2D eigenvalue weighted by Crippen LogP contribution is 2.64. The summed E-state index contributed by atoms with van der Waals surface area (Å²) in [7, 11) is 0. The lowest BCUT2D eigenvalue weighted by molar-refractivity contribution is 0.0304. The van der Waals surface area contributed by atoms with Gasteiger partial charge in [0.2, 0.25) is 0 Å². The molecule has 0 heterocycles. The number of rotatable bonds is 4. The molecule has 0 aromatic carbocycles. The maximum absolute atomic E-state index is 11.5. The summed E-state index contributed by atoms with van der Waals surface area (Å²) in [6.45, 7) is 14.1. The van der Waals surface area contributed by atoms with Crippen molar-refractivity contribution in [1.82, 2.24) is 0 Å². The van der Waals surface area contributed by atoms with Crippen LogP contribution in [0.4, 0.5) is 0 Å². The fraction of sp³-hybridized carbons (Fsp3) is 0.786. The first-order valence-electron chi connectivity index (χ1n) is 12.5. The molecule has 0 aliphatic heterocycles. The second kappa shape index (κ2) is 7.93. The molecule has 2 nitrogen and oxygen atoms in total. The van der Waals surface area contributed by atoms with Crippen LogP contribution >= 0.6 is 0 Å². The lowest BCUT2D eigenvalue weighted by atomic mass is 9.52. The van der Waals surface area contributed by atoms with Crippen molar-refractivity contribution in [3.8, 4) is 0 Å². The zero-order chi connectivity index (χ0) is 21.8. The molecule has 4 aliphatic carbocycles. The summed E-state index contributed by atoms with van der Waals surface area (Å²) in [5.74, 6) is 3.12. The molecule has 0 spiro atoms. The molecule has 168 valence electrons. The molecule has 0 aromatic heterocycles. The smallest absolute Gasteiger partial charge is 0.0766 e. The Bertz CT molecular complexity index is 759. The van der Waals surface area contributed by atoms with Crippen molar-refractivity contribution in [2.45, 2.75) is 98.7 Å². The second-order valence-electron chi connectivity index (χ2n) is 11.9. The lowest BCUT2D eigenvalue weighted by Crippen LogP contribution is -2.47. The van der Waals surface area contributed by atoms with Gasteiger partial charge in [0.25, 0.3) is 0 Å². The highest BCUT2D eigenvalue weighted by atomic mass is 16.3. The first-order chi connectivity index (χ1) is 14.1. The van der Waals surface area contributed by atoms with E-state index in [4.69, 9.17) is 0 Å². The number of aliphatic hydroxyl groups excluding tert-OH is 2. The van der Waals surface area contributed by atoms with E-state index in [1.54, 1.807) is 5.57 Å². The van der Waals surface area contributed by atoms with Gasteiger partial charge in [-0.3, -0.25) is 0 Å². The van der Waals surface area contributed by atoms with Gasteiger partial charge in [-0.1, -0.05) is 70.9 Å². The van der Waals surface area contributed by atoms with Crippen molar-refractivity contribution < 1.29 is 10.2 Å². The monoisotopic (exact) mass is 412 g/mol. The van der Waals surface area contributed by atoms with Crippen LogP contribution in [0, 0.1) is 40.4 Å². The van der Waals surface area contributed by atoms with E-state index < -0.39 is 0 Å². The highest BCUT2D eigenvalue weighted by Gasteiger charge is 2.56. The minimum absolute atomic E-state index is 0.0239. The zero-order valence-corrected chi connectivity index (χ0v) is 20.1. The quantitative estimate of drug-likeness (QED) is 0.521. The van der Waals surface area contributed by atoms with Gasteiger partial charge in [-0.05, 0) is 85.5 Å². The Kier molecular flexibility index (Phi) is 5.90. The SMILES string of the molecule is CC(C)C(C)/C=C\C(C)C1CCC2C3=C(C(O)CC21C)C1(C)CCC(O)CC1=CC3. The Morgan fingerprint density at radius 3 is 2.47 bits per heavy atom. The number of fused-ring (bicyclic) bond motifs is 4. The topological polar surface area (TPSA) is 40.5 Å². The van der Waals surface area contributed by atoms with Gasteiger partial charge >= 0.3 is 0 Å². The molecular weight excluding hydrogens is 368 g/mol. The Labute approximate surface area is 184 Å². The van der Waals surface area contributed by atoms with Crippen LogP contribution in [0.1, 0.15) is 86.5 Å². The van der Waals surface area contributed by atoms with E-state index >= 15 is 0 Å². The van der Waals surface area contributed by atoms with E-state index in [-0.39, 0.29) is 23.0 Å². The van der Waals surface area contributed by atoms with Gasteiger partial charge in [0.1, 0.15) is 0 Å². The predicted octanol–water partition coefficient (Wildman–Crippen LogP) is 6.45. The Hall–Kier alpha value is -0.860. The standard InChI is InChI=1S/C28H44O2/c1-17(2)18(3)7-8-19(4)23-11-12-24-22-10-9-20-15-21(29)13-14-27(20,5)26(22)25(30)16-28(23,24)6/h7-9,17-19,21,23-25,29-30H,10-16H2,1-6H3/b8-7-. The minimum Gasteiger partial charge on any atom is -0.393 e. The van der Waals surface area contributed by atoms with Crippen LogP contribution in [0.5, 0.6) is 0 Å². The predicted molar refractivity (Wildman–Crippen MR) is 125 cm³/mol. The molecule has 0 saturated heterocycles.